The summed E-state index contributed by atoms with van der Waals surface area (Å²) in [6.45, 7) is 3.66. The van der Waals surface area contributed by atoms with E-state index in [9.17, 15) is 9.59 Å². The first kappa shape index (κ1) is 19.6. The number of fused-ring (bicyclic) bond motifs is 3. The van der Waals surface area contributed by atoms with Crippen LogP contribution in [0.2, 0.25) is 0 Å². The highest BCUT2D eigenvalue weighted by Crippen LogP contribution is 2.19. The predicted octanol–water partition coefficient (Wildman–Crippen LogP) is 2.57. The van der Waals surface area contributed by atoms with E-state index in [1.54, 1.807) is 11.4 Å². The van der Waals surface area contributed by atoms with E-state index in [2.05, 4.69) is 10.2 Å². The number of ether oxygens (including phenoxy) is 2. The second-order valence-corrected chi connectivity index (χ2v) is 7.05. The molecule has 0 radical (unpaired) electrons. The zero-order chi connectivity index (χ0) is 21.3. The minimum Gasteiger partial charge on any atom is -0.482 e. The highest BCUT2D eigenvalue weighted by Gasteiger charge is 2.16. The summed E-state index contributed by atoms with van der Waals surface area (Å²) < 4.78 is 14.1. The molecule has 0 aliphatic rings. The molecule has 0 saturated heterocycles. The molecular weight excluding hydrogens is 384 g/mol. The molecule has 0 fully saturated rings. The van der Waals surface area contributed by atoms with Gasteiger partial charge in [0.2, 0.25) is 5.78 Å². The lowest BCUT2D eigenvalue weighted by Crippen LogP contribution is -2.21. The van der Waals surface area contributed by atoms with Crippen LogP contribution < -0.4 is 10.3 Å². The Hall–Kier alpha value is -3.68. The van der Waals surface area contributed by atoms with Crippen LogP contribution in [0.3, 0.4) is 0 Å². The van der Waals surface area contributed by atoms with Crippen LogP contribution in [0.4, 0.5) is 0 Å². The molecule has 0 atom stereocenters. The van der Waals surface area contributed by atoms with Gasteiger partial charge in [-0.3, -0.25) is 13.8 Å². The molecule has 8 heteroatoms. The second kappa shape index (κ2) is 7.98. The van der Waals surface area contributed by atoms with Gasteiger partial charge in [-0.05, 0) is 37.1 Å². The molecule has 0 unspecified atom stereocenters. The lowest BCUT2D eigenvalue weighted by atomic mass is 10.1. The van der Waals surface area contributed by atoms with Gasteiger partial charge >= 0.3 is 5.97 Å². The molecule has 4 aromatic rings. The zero-order valence-corrected chi connectivity index (χ0v) is 17.1. The highest BCUT2D eigenvalue weighted by atomic mass is 16.6. The van der Waals surface area contributed by atoms with Crippen molar-refractivity contribution >= 4 is 22.6 Å². The maximum absolute atomic E-state index is 12.6. The van der Waals surface area contributed by atoms with Crippen molar-refractivity contribution in [1.29, 1.82) is 0 Å². The van der Waals surface area contributed by atoms with Crippen LogP contribution >= 0.6 is 0 Å². The zero-order valence-electron chi connectivity index (χ0n) is 17.1. The van der Waals surface area contributed by atoms with Gasteiger partial charge in [-0.15, -0.1) is 10.2 Å². The summed E-state index contributed by atoms with van der Waals surface area (Å²) in [5.74, 6) is 0.969. The number of esters is 1. The molecule has 30 heavy (non-hydrogen) atoms. The lowest BCUT2D eigenvalue weighted by molar-refractivity contribution is -0.147. The van der Waals surface area contributed by atoms with Gasteiger partial charge in [0.05, 0.1) is 10.9 Å². The Morgan fingerprint density at radius 1 is 1.13 bits per heavy atom. The normalized spacial score (nSPS) is 11.2. The molecule has 0 amide bonds. The van der Waals surface area contributed by atoms with Crippen LogP contribution in [0.15, 0.2) is 47.3 Å². The Bertz CT molecular complexity index is 1310. The van der Waals surface area contributed by atoms with Crippen molar-refractivity contribution in [3.05, 3.63) is 69.8 Å². The number of rotatable bonds is 6. The number of hydrogen-bond donors (Lipinski definition) is 0. The molecule has 0 aliphatic heterocycles. The number of nitrogens with zero attached hydrogens (tertiary/aromatic N) is 4. The average molecular weight is 406 g/mol. The van der Waals surface area contributed by atoms with Gasteiger partial charge in [-0.25, -0.2) is 4.79 Å². The van der Waals surface area contributed by atoms with Crippen molar-refractivity contribution in [2.75, 3.05) is 6.61 Å². The van der Waals surface area contributed by atoms with E-state index in [1.165, 1.54) is 4.57 Å². The minimum absolute atomic E-state index is 0.0834. The van der Waals surface area contributed by atoms with Crippen LogP contribution in [0.25, 0.3) is 16.7 Å². The lowest BCUT2D eigenvalue weighted by Gasteiger charge is -2.11. The van der Waals surface area contributed by atoms with Crippen molar-refractivity contribution < 1.29 is 14.3 Å². The number of aryl methyl sites for hydroxylation is 3. The molecule has 0 bridgehead atoms. The standard InChI is InChI=1S/C22H22N4O4/c1-4-15-7-5-6-8-18(15)29-13-20(27)30-12-19-23-24-22-25(3)21(28)16-11-14(2)9-10-17(16)26(19)22/h5-11H,4,12-13H2,1-3H3. The molecule has 0 N–H and O–H groups in total. The first-order valence-electron chi connectivity index (χ1n) is 9.69. The van der Waals surface area contributed by atoms with Crippen LogP contribution in [0.1, 0.15) is 23.9 Å². The van der Waals surface area contributed by atoms with Crippen molar-refractivity contribution in [3.63, 3.8) is 0 Å². The number of para-hydroxylation sites is 1. The number of carbonyl (C=O) groups excluding carboxylic acids is 1. The average Bonchev–Trinajstić information content (AvgIpc) is 3.19. The Morgan fingerprint density at radius 2 is 1.93 bits per heavy atom. The smallest absolute Gasteiger partial charge is 0.344 e. The Kier molecular flexibility index (Phi) is 5.22. The highest BCUT2D eigenvalue weighted by molar-refractivity contribution is 5.81. The number of carbonyl (C=O) groups is 1. The molecule has 0 spiro atoms. The Labute approximate surface area is 172 Å². The molecule has 4 rings (SSSR count). The van der Waals surface area contributed by atoms with Gasteiger partial charge in [-0.1, -0.05) is 36.8 Å². The predicted molar refractivity (Wildman–Crippen MR) is 112 cm³/mol. The summed E-state index contributed by atoms with van der Waals surface area (Å²) >= 11 is 0. The van der Waals surface area contributed by atoms with E-state index in [0.717, 1.165) is 17.5 Å². The fourth-order valence-electron chi connectivity index (χ4n) is 3.41. The van der Waals surface area contributed by atoms with Gasteiger partial charge in [0.15, 0.2) is 19.0 Å². The van der Waals surface area contributed by atoms with Crippen molar-refractivity contribution in [1.82, 2.24) is 19.2 Å². The first-order valence-corrected chi connectivity index (χ1v) is 9.69. The molecule has 8 nitrogen and oxygen atoms in total. The van der Waals surface area contributed by atoms with E-state index in [1.807, 2.05) is 56.3 Å². The maximum Gasteiger partial charge on any atom is 0.344 e. The summed E-state index contributed by atoms with van der Waals surface area (Å²) in [5, 5.41) is 8.77. The number of hydrogen-bond acceptors (Lipinski definition) is 6. The number of benzene rings is 2. The largest absolute Gasteiger partial charge is 0.482 e. The van der Waals surface area contributed by atoms with Crippen LogP contribution in [0, 0.1) is 6.92 Å². The SMILES string of the molecule is CCc1ccccc1OCC(=O)OCc1nnc2n(C)c(=O)c3cc(C)ccc3n12. The quantitative estimate of drug-likeness (QED) is 0.458. The van der Waals surface area contributed by atoms with Gasteiger partial charge < -0.3 is 9.47 Å². The topological polar surface area (TPSA) is 87.7 Å². The third-order valence-corrected chi connectivity index (χ3v) is 5.00. The first-order chi connectivity index (χ1) is 14.5. The van der Waals surface area contributed by atoms with Crippen molar-refractivity contribution in [2.45, 2.75) is 26.9 Å². The molecular formula is C22H22N4O4. The Balaban J connectivity index is 1.55. The third kappa shape index (κ3) is 3.52. The summed E-state index contributed by atoms with van der Waals surface area (Å²) in [5.41, 5.74) is 2.52. The van der Waals surface area contributed by atoms with Crippen molar-refractivity contribution in [3.8, 4) is 5.75 Å². The molecule has 154 valence electrons. The van der Waals surface area contributed by atoms with E-state index in [0.29, 0.717) is 28.3 Å². The monoisotopic (exact) mass is 406 g/mol. The Morgan fingerprint density at radius 3 is 2.73 bits per heavy atom. The molecule has 0 aliphatic carbocycles. The van der Waals surface area contributed by atoms with E-state index >= 15 is 0 Å². The molecule has 2 aromatic heterocycles. The third-order valence-electron chi connectivity index (χ3n) is 5.00. The maximum atomic E-state index is 12.6. The van der Waals surface area contributed by atoms with Gasteiger partial charge in [0.1, 0.15) is 5.75 Å². The molecule has 2 heterocycles. The van der Waals surface area contributed by atoms with Crippen molar-refractivity contribution in [2.24, 2.45) is 7.05 Å². The summed E-state index contributed by atoms with van der Waals surface area (Å²) in [6, 6.07) is 13.2. The van der Waals surface area contributed by atoms with E-state index in [4.69, 9.17) is 9.47 Å². The van der Waals surface area contributed by atoms with Gasteiger partial charge in [-0.2, -0.15) is 0 Å². The second-order valence-electron chi connectivity index (χ2n) is 7.05. The summed E-state index contributed by atoms with van der Waals surface area (Å²) in [6.07, 6.45) is 0.808. The fraction of sp³-hybridized carbons (Fsp3) is 0.273. The van der Waals surface area contributed by atoms with Crippen LogP contribution in [-0.2, 0) is 29.6 Å². The van der Waals surface area contributed by atoms with Gasteiger partial charge in [0.25, 0.3) is 5.56 Å². The number of aromatic nitrogens is 4. The van der Waals surface area contributed by atoms with E-state index in [-0.39, 0.29) is 18.8 Å². The molecule has 0 saturated carbocycles. The van der Waals surface area contributed by atoms with E-state index < -0.39 is 5.97 Å². The molecule has 2 aromatic carbocycles. The summed E-state index contributed by atoms with van der Waals surface area (Å²) in [7, 11) is 1.64. The summed E-state index contributed by atoms with van der Waals surface area (Å²) in [4.78, 5) is 24.8. The van der Waals surface area contributed by atoms with Gasteiger partial charge in [0, 0.05) is 7.05 Å². The fourth-order valence-corrected chi connectivity index (χ4v) is 3.41. The van der Waals surface area contributed by atoms with Crippen LogP contribution in [0.5, 0.6) is 5.75 Å². The minimum atomic E-state index is -0.511. The van der Waals surface area contributed by atoms with Crippen LogP contribution in [-0.4, -0.2) is 31.7 Å².